The van der Waals surface area contributed by atoms with Gasteiger partial charge in [0.25, 0.3) is 10.0 Å². The molecular formula is C9H11N3O3S. The molecule has 16 heavy (non-hydrogen) atoms. The number of aryl methyl sites for hydroxylation is 1. The number of hydrogen-bond acceptors (Lipinski definition) is 5. The summed E-state index contributed by atoms with van der Waals surface area (Å²) in [5, 5.41) is 8.34. The molecule has 1 aromatic carbocycles. The minimum absolute atomic E-state index is 0.0277. The van der Waals surface area contributed by atoms with Crippen LogP contribution in [0.1, 0.15) is 5.56 Å². The number of nitrogens with two attached hydrogens (primary N) is 1. The zero-order valence-corrected chi connectivity index (χ0v) is 9.63. The molecule has 3 N–H and O–H groups in total. The molecule has 0 heterocycles. The number of hydrogen-bond donors (Lipinski definition) is 2. The molecule has 0 saturated heterocycles. The maximum absolute atomic E-state index is 11.6. The van der Waals surface area contributed by atoms with Crippen LogP contribution < -0.4 is 15.2 Å². The summed E-state index contributed by atoms with van der Waals surface area (Å²) in [6.07, 6.45) is 1.38. The Balaban J connectivity index is 3.42. The summed E-state index contributed by atoms with van der Waals surface area (Å²) in [5.74, 6) is 0.254. The Kier molecular flexibility index (Phi) is 3.25. The molecule has 0 atom stereocenters. The van der Waals surface area contributed by atoms with E-state index in [0.29, 0.717) is 11.3 Å². The molecular weight excluding hydrogens is 230 g/mol. The van der Waals surface area contributed by atoms with Crippen molar-refractivity contribution in [3.05, 3.63) is 17.7 Å². The molecule has 0 aliphatic rings. The number of sulfonamides is 1. The van der Waals surface area contributed by atoms with E-state index >= 15 is 0 Å². The lowest BCUT2D eigenvalue weighted by Gasteiger charge is -2.10. The summed E-state index contributed by atoms with van der Waals surface area (Å²) in [7, 11) is -2.45. The number of nitrogen functional groups attached to an aromatic ring is 1. The molecule has 86 valence electrons. The van der Waals surface area contributed by atoms with Crippen LogP contribution in [0.25, 0.3) is 0 Å². The molecule has 6 nitrogen and oxygen atoms in total. The third kappa shape index (κ3) is 2.17. The molecule has 0 aromatic heterocycles. The van der Waals surface area contributed by atoms with Crippen molar-refractivity contribution in [1.82, 2.24) is 4.72 Å². The second kappa shape index (κ2) is 4.28. The first-order valence-electron chi connectivity index (χ1n) is 4.27. The number of anilines is 1. The van der Waals surface area contributed by atoms with Gasteiger partial charge in [-0.3, -0.25) is 0 Å². The zero-order chi connectivity index (χ0) is 12.3. The fraction of sp³-hybridized carbons (Fsp3) is 0.222. The number of benzene rings is 1. The van der Waals surface area contributed by atoms with Gasteiger partial charge >= 0.3 is 0 Å². The third-order valence-electron chi connectivity index (χ3n) is 2.00. The second-order valence-corrected chi connectivity index (χ2v) is 4.73. The van der Waals surface area contributed by atoms with Crippen molar-refractivity contribution in [2.75, 3.05) is 12.8 Å². The number of methoxy groups -OCH3 is 1. The monoisotopic (exact) mass is 241 g/mol. The van der Waals surface area contributed by atoms with Gasteiger partial charge in [0.1, 0.15) is 5.75 Å². The van der Waals surface area contributed by atoms with Gasteiger partial charge in [-0.05, 0) is 18.6 Å². The Labute approximate surface area is 93.7 Å². The second-order valence-electron chi connectivity index (χ2n) is 3.08. The summed E-state index contributed by atoms with van der Waals surface area (Å²) in [6, 6.07) is 2.76. The molecule has 0 fully saturated rings. The van der Waals surface area contributed by atoms with Crippen LogP contribution in [0.4, 0.5) is 5.69 Å². The van der Waals surface area contributed by atoms with Gasteiger partial charge in [0.2, 0.25) is 0 Å². The summed E-state index contributed by atoms with van der Waals surface area (Å²) < 4.78 is 29.8. The number of rotatable bonds is 3. The van der Waals surface area contributed by atoms with Crippen molar-refractivity contribution in [2.24, 2.45) is 0 Å². The summed E-state index contributed by atoms with van der Waals surface area (Å²) >= 11 is 0. The van der Waals surface area contributed by atoms with Crippen molar-refractivity contribution in [3.63, 3.8) is 0 Å². The predicted molar refractivity (Wildman–Crippen MR) is 58.1 cm³/mol. The lowest BCUT2D eigenvalue weighted by molar-refractivity contribution is 0.415. The fourth-order valence-corrected chi connectivity index (χ4v) is 2.25. The van der Waals surface area contributed by atoms with Crippen LogP contribution in [0.3, 0.4) is 0 Å². The smallest absolute Gasteiger partial charge is 0.270 e. The Morgan fingerprint density at radius 1 is 1.50 bits per heavy atom. The molecule has 0 radical (unpaired) electrons. The van der Waals surface area contributed by atoms with Gasteiger partial charge < -0.3 is 10.5 Å². The largest absolute Gasteiger partial charge is 0.495 e. The Morgan fingerprint density at radius 3 is 2.62 bits per heavy atom. The van der Waals surface area contributed by atoms with E-state index in [-0.39, 0.29) is 10.6 Å². The van der Waals surface area contributed by atoms with Crippen LogP contribution in [-0.2, 0) is 10.0 Å². The van der Waals surface area contributed by atoms with E-state index in [1.54, 1.807) is 11.6 Å². The van der Waals surface area contributed by atoms with Crippen LogP contribution in [-0.4, -0.2) is 15.5 Å². The van der Waals surface area contributed by atoms with Crippen LogP contribution in [0.5, 0.6) is 5.75 Å². The molecule has 0 spiro atoms. The van der Waals surface area contributed by atoms with Crippen LogP contribution in [0, 0.1) is 18.4 Å². The molecule has 1 aromatic rings. The van der Waals surface area contributed by atoms with Gasteiger partial charge in [-0.1, -0.05) is 0 Å². The summed E-state index contributed by atoms with van der Waals surface area (Å²) in [6.45, 7) is 1.59. The predicted octanol–water partition coefficient (Wildman–Crippen LogP) is 0.345. The van der Waals surface area contributed by atoms with Crippen molar-refractivity contribution >= 4 is 15.7 Å². The van der Waals surface area contributed by atoms with E-state index in [0.717, 1.165) is 0 Å². The van der Waals surface area contributed by atoms with E-state index < -0.39 is 10.0 Å². The van der Waals surface area contributed by atoms with Gasteiger partial charge in [-0.2, -0.15) is 5.26 Å². The van der Waals surface area contributed by atoms with Crippen molar-refractivity contribution in [3.8, 4) is 11.9 Å². The van der Waals surface area contributed by atoms with Crippen molar-refractivity contribution in [2.45, 2.75) is 11.8 Å². The Morgan fingerprint density at radius 2 is 2.12 bits per heavy atom. The molecule has 0 amide bonds. The highest BCUT2D eigenvalue weighted by molar-refractivity contribution is 7.89. The lowest BCUT2D eigenvalue weighted by atomic mass is 10.2. The van der Waals surface area contributed by atoms with E-state index in [1.165, 1.54) is 25.4 Å². The highest BCUT2D eigenvalue weighted by atomic mass is 32.2. The minimum Gasteiger partial charge on any atom is -0.495 e. The van der Waals surface area contributed by atoms with E-state index in [2.05, 4.69) is 0 Å². The van der Waals surface area contributed by atoms with E-state index in [4.69, 9.17) is 15.7 Å². The van der Waals surface area contributed by atoms with E-state index in [9.17, 15) is 8.42 Å². The maximum atomic E-state index is 11.6. The SMILES string of the molecule is COc1cc(S(=O)(=O)NC#N)c(C)cc1N. The van der Waals surface area contributed by atoms with E-state index in [1.807, 2.05) is 0 Å². The first-order valence-corrected chi connectivity index (χ1v) is 5.75. The minimum atomic E-state index is -3.84. The van der Waals surface area contributed by atoms with Gasteiger partial charge in [-0.25, -0.2) is 13.1 Å². The zero-order valence-electron chi connectivity index (χ0n) is 8.81. The molecule has 7 heteroatoms. The average molecular weight is 241 g/mol. The van der Waals surface area contributed by atoms with Gasteiger partial charge in [0.15, 0.2) is 6.19 Å². The van der Waals surface area contributed by atoms with Gasteiger partial charge in [-0.15, -0.1) is 0 Å². The van der Waals surface area contributed by atoms with Crippen molar-refractivity contribution in [1.29, 1.82) is 5.26 Å². The average Bonchev–Trinajstić information content (AvgIpc) is 2.17. The fourth-order valence-electron chi connectivity index (χ4n) is 1.27. The van der Waals surface area contributed by atoms with Crippen LogP contribution >= 0.6 is 0 Å². The third-order valence-corrected chi connectivity index (χ3v) is 3.38. The Bertz CT molecular complexity index is 546. The number of ether oxygens (including phenoxy) is 1. The first-order chi connectivity index (χ1) is 7.42. The molecule has 0 bridgehead atoms. The number of nitrogens with zero attached hydrogens (tertiary/aromatic N) is 1. The molecule has 1 rings (SSSR count). The van der Waals surface area contributed by atoms with Gasteiger partial charge in [0, 0.05) is 6.07 Å². The Hall–Kier alpha value is -1.94. The number of nitrogens with one attached hydrogen (secondary N) is 1. The van der Waals surface area contributed by atoms with Gasteiger partial charge in [0.05, 0.1) is 17.7 Å². The molecule has 0 aliphatic heterocycles. The molecule has 0 aliphatic carbocycles. The topological polar surface area (TPSA) is 105 Å². The molecule has 0 unspecified atom stereocenters. The number of nitriles is 1. The highest BCUT2D eigenvalue weighted by Crippen LogP contribution is 2.27. The quantitative estimate of drug-likeness (QED) is 0.451. The lowest BCUT2D eigenvalue weighted by Crippen LogP contribution is -2.19. The maximum Gasteiger partial charge on any atom is 0.270 e. The van der Waals surface area contributed by atoms with Crippen molar-refractivity contribution < 1.29 is 13.2 Å². The van der Waals surface area contributed by atoms with Crippen LogP contribution in [0.15, 0.2) is 17.0 Å². The highest BCUT2D eigenvalue weighted by Gasteiger charge is 2.18. The normalized spacial score (nSPS) is 10.6. The summed E-state index contributed by atoms with van der Waals surface area (Å²) in [5.41, 5.74) is 6.40. The first kappa shape index (κ1) is 12.1. The van der Waals surface area contributed by atoms with Crippen LogP contribution in [0.2, 0.25) is 0 Å². The summed E-state index contributed by atoms with van der Waals surface area (Å²) in [4.78, 5) is -0.0277. The standard InChI is InChI=1S/C9H11N3O3S/c1-6-3-7(11)8(15-2)4-9(6)16(13,14)12-5-10/h3-4,12H,11H2,1-2H3. The molecule has 0 saturated carbocycles.